The molecule has 88 valence electrons. The van der Waals surface area contributed by atoms with E-state index in [1.54, 1.807) is 6.08 Å². The van der Waals surface area contributed by atoms with Gasteiger partial charge in [-0.2, -0.15) is 0 Å². The van der Waals surface area contributed by atoms with Crippen LogP contribution >= 0.6 is 0 Å². The van der Waals surface area contributed by atoms with Crippen LogP contribution in [0.2, 0.25) is 0 Å². The molecule has 4 nitrogen and oxygen atoms in total. The van der Waals surface area contributed by atoms with Crippen molar-refractivity contribution in [3.8, 4) is 0 Å². The number of carbonyl (C=O) groups excluding carboxylic acids is 1. The summed E-state index contributed by atoms with van der Waals surface area (Å²) in [6.07, 6.45) is 1.67. The van der Waals surface area contributed by atoms with E-state index in [0.29, 0.717) is 0 Å². The Hall–Kier alpha value is -1.65. The van der Waals surface area contributed by atoms with Gasteiger partial charge < -0.3 is 5.32 Å². The summed E-state index contributed by atoms with van der Waals surface area (Å²) in [4.78, 5) is 11.4. The number of hydrogen-bond acceptors (Lipinski definition) is 3. The minimum absolute atomic E-state index is 0.0160. The fourth-order valence-corrected chi connectivity index (χ4v) is 2.65. The summed E-state index contributed by atoms with van der Waals surface area (Å²) >= 11 is 0. The molecule has 3 unspecified atom stereocenters. The second-order valence-electron chi connectivity index (χ2n) is 4.58. The number of nitrogens with one attached hydrogen (secondary N) is 3. The Morgan fingerprint density at radius 3 is 2.65 bits per heavy atom. The number of rotatable bonds is 1. The molecule has 2 aliphatic rings. The number of hydrazine groups is 1. The highest BCUT2D eigenvalue weighted by Crippen LogP contribution is 2.34. The first-order chi connectivity index (χ1) is 8.25. The molecule has 1 saturated heterocycles. The van der Waals surface area contributed by atoms with E-state index in [0.717, 1.165) is 5.57 Å². The average Bonchev–Trinajstić information content (AvgIpc) is 2.74. The van der Waals surface area contributed by atoms with Crippen LogP contribution < -0.4 is 16.2 Å². The van der Waals surface area contributed by atoms with E-state index in [4.69, 9.17) is 0 Å². The lowest BCUT2D eigenvalue weighted by Gasteiger charge is -2.28. The van der Waals surface area contributed by atoms with Crippen LogP contribution in [0.1, 0.15) is 18.5 Å². The van der Waals surface area contributed by atoms with Gasteiger partial charge in [0.1, 0.15) is 6.17 Å². The third kappa shape index (κ3) is 1.75. The summed E-state index contributed by atoms with van der Waals surface area (Å²) in [5.41, 5.74) is 8.75. The highest BCUT2D eigenvalue weighted by atomic mass is 16.1. The molecule has 1 aromatic carbocycles. The first kappa shape index (κ1) is 10.5. The lowest BCUT2D eigenvalue weighted by molar-refractivity contribution is -0.118. The molecular weight excluding hydrogens is 214 g/mol. The summed E-state index contributed by atoms with van der Waals surface area (Å²) in [5.74, 6) is 0.252. The summed E-state index contributed by atoms with van der Waals surface area (Å²) in [5, 5.41) is 2.92. The quantitative estimate of drug-likeness (QED) is 0.669. The zero-order valence-electron chi connectivity index (χ0n) is 9.60. The third-order valence-electron chi connectivity index (χ3n) is 3.45. The molecule has 0 aromatic heterocycles. The number of amides is 1. The van der Waals surface area contributed by atoms with Gasteiger partial charge in [0.05, 0.1) is 6.04 Å². The molecule has 3 atom stereocenters. The van der Waals surface area contributed by atoms with E-state index in [2.05, 4.69) is 28.3 Å². The Bertz CT molecular complexity index is 469. The standard InChI is InChI=1S/C13H15N3O/c1-8-7-10(17)14-13-11(8)12(15-16-13)9-5-3-2-4-6-9/h2-7,11-13,15-16H,1H3,(H,14,17). The highest BCUT2D eigenvalue weighted by Gasteiger charge is 2.40. The molecule has 0 saturated carbocycles. The zero-order chi connectivity index (χ0) is 11.8. The molecule has 2 heterocycles. The summed E-state index contributed by atoms with van der Waals surface area (Å²) in [6, 6.07) is 10.5. The van der Waals surface area contributed by atoms with Crippen LogP contribution in [0.25, 0.3) is 0 Å². The topological polar surface area (TPSA) is 53.2 Å². The minimum Gasteiger partial charge on any atom is -0.335 e. The Labute approximate surface area is 100 Å². The molecule has 3 rings (SSSR count). The van der Waals surface area contributed by atoms with Crippen LogP contribution in [0.15, 0.2) is 42.0 Å². The largest absolute Gasteiger partial charge is 0.335 e. The Kier molecular flexibility index (Phi) is 2.46. The molecule has 0 aliphatic carbocycles. The molecule has 3 N–H and O–H groups in total. The van der Waals surface area contributed by atoms with Crippen molar-refractivity contribution in [2.75, 3.05) is 0 Å². The average molecular weight is 229 g/mol. The van der Waals surface area contributed by atoms with Gasteiger partial charge in [-0.1, -0.05) is 35.9 Å². The van der Waals surface area contributed by atoms with E-state index in [1.165, 1.54) is 5.56 Å². The number of benzene rings is 1. The molecule has 0 spiro atoms. The predicted molar refractivity (Wildman–Crippen MR) is 64.6 cm³/mol. The minimum atomic E-state index is -0.0215. The number of carbonyl (C=O) groups is 1. The molecule has 1 amide bonds. The normalized spacial score (nSPS) is 31.7. The van der Waals surface area contributed by atoms with Crippen LogP contribution in [-0.2, 0) is 4.79 Å². The maximum absolute atomic E-state index is 11.4. The lowest BCUT2D eigenvalue weighted by Crippen LogP contribution is -2.49. The predicted octanol–water partition coefficient (Wildman–Crippen LogP) is 0.854. The van der Waals surface area contributed by atoms with Crippen molar-refractivity contribution in [1.29, 1.82) is 0 Å². The summed E-state index contributed by atoms with van der Waals surface area (Å²) in [7, 11) is 0. The van der Waals surface area contributed by atoms with Gasteiger partial charge in [-0.15, -0.1) is 0 Å². The van der Waals surface area contributed by atoms with Crippen molar-refractivity contribution in [3.63, 3.8) is 0 Å². The molecule has 1 aromatic rings. The summed E-state index contributed by atoms with van der Waals surface area (Å²) in [6.45, 7) is 2.01. The fourth-order valence-electron chi connectivity index (χ4n) is 2.65. The van der Waals surface area contributed by atoms with E-state index < -0.39 is 0 Å². The second kappa shape index (κ2) is 3.98. The highest BCUT2D eigenvalue weighted by molar-refractivity contribution is 5.89. The number of hydrogen-bond donors (Lipinski definition) is 3. The second-order valence-corrected chi connectivity index (χ2v) is 4.58. The van der Waals surface area contributed by atoms with Crippen LogP contribution in [0.4, 0.5) is 0 Å². The lowest BCUT2D eigenvalue weighted by atomic mass is 9.85. The van der Waals surface area contributed by atoms with E-state index in [-0.39, 0.29) is 24.0 Å². The van der Waals surface area contributed by atoms with Gasteiger partial charge in [-0.25, -0.2) is 10.9 Å². The van der Waals surface area contributed by atoms with Crippen LogP contribution in [0.3, 0.4) is 0 Å². The SMILES string of the molecule is CC1=CC(=O)NC2NNC(c3ccccc3)C12. The Morgan fingerprint density at radius 2 is 1.88 bits per heavy atom. The number of fused-ring (bicyclic) bond motifs is 1. The van der Waals surface area contributed by atoms with Crippen molar-refractivity contribution in [2.24, 2.45) is 5.92 Å². The van der Waals surface area contributed by atoms with Crippen molar-refractivity contribution in [3.05, 3.63) is 47.5 Å². The van der Waals surface area contributed by atoms with Crippen molar-refractivity contribution in [1.82, 2.24) is 16.2 Å². The first-order valence-corrected chi connectivity index (χ1v) is 5.80. The molecule has 2 aliphatic heterocycles. The van der Waals surface area contributed by atoms with Crippen LogP contribution in [-0.4, -0.2) is 12.1 Å². The van der Waals surface area contributed by atoms with Gasteiger partial charge in [0.15, 0.2) is 0 Å². The Balaban J connectivity index is 1.94. The monoisotopic (exact) mass is 229 g/mol. The van der Waals surface area contributed by atoms with Gasteiger partial charge in [-0.3, -0.25) is 4.79 Å². The molecule has 17 heavy (non-hydrogen) atoms. The van der Waals surface area contributed by atoms with Gasteiger partial charge in [-0.05, 0) is 12.5 Å². The van der Waals surface area contributed by atoms with E-state index in [9.17, 15) is 4.79 Å². The molecule has 1 fully saturated rings. The van der Waals surface area contributed by atoms with E-state index >= 15 is 0 Å². The van der Waals surface area contributed by atoms with Crippen molar-refractivity contribution >= 4 is 5.91 Å². The van der Waals surface area contributed by atoms with E-state index in [1.807, 2.05) is 25.1 Å². The maximum atomic E-state index is 11.4. The zero-order valence-corrected chi connectivity index (χ0v) is 9.60. The van der Waals surface area contributed by atoms with Gasteiger partial charge in [0.25, 0.3) is 0 Å². The fraction of sp³-hybridized carbons (Fsp3) is 0.308. The smallest absolute Gasteiger partial charge is 0.245 e. The van der Waals surface area contributed by atoms with Gasteiger partial charge in [0, 0.05) is 12.0 Å². The van der Waals surface area contributed by atoms with Crippen LogP contribution in [0.5, 0.6) is 0 Å². The Morgan fingerprint density at radius 1 is 1.12 bits per heavy atom. The molecule has 4 heteroatoms. The molecular formula is C13H15N3O. The molecule has 0 radical (unpaired) electrons. The van der Waals surface area contributed by atoms with Gasteiger partial charge in [0.2, 0.25) is 5.91 Å². The third-order valence-corrected chi connectivity index (χ3v) is 3.45. The maximum Gasteiger partial charge on any atom is 0.245 e. The molecule has 0 bridgehead atoms. The van der Waals surface area contributed by atoms with Crippen LogP contribution in [0, 0.1) is 5.92 Å². The van der Waals surface area contributed by atoms with Gasteiger partial charge >= 0.3 is 0 Å². The summed E-state index contributed by atoms with van der Waals surface area (Å²) < 4.78 is 0. The van der Waals surface area contributed by atoms with Crippen molar-refractivity contribution in [2.45, 2.75) is 19.1 Å². The van der Waals surface area contributed by atoms with Crippen molar-refractivity contribution < 1.29 is 4.79 Å². The first-order valence-electron chi connectivity index (χ1n) is 5.80.